The summed E-state index contributed by atoms with van der Waals surface area (Å²) in [4.78, 5) is 19.0. The third kappa shape index (κ3) is 5.08. The molecule has 0 aliphatic carbocycles. The van der Waals surface area contributed by atoms with Crippen molar-refractivity contribution in [2.75, 3.05) is 20.1 Å². The number of benzene rings is 1. The quantitative estimate of drug-likeness (QED) is 0.337. The molecule has 3 aromatic rings. The Morgan fingerprint density at radius 2 is 2.00 bits per heavy atom. The van der Waals surface area contributed by atoms with E-state index in [2.05, 4.69) is 18.5 Å². The Bertz CT molecular complexity index is 1280. The van der Waals surface area contributed by atoms with Gasteiger partial charge in [-0.05, 0) is 60.9 Å². The van der Waals surface area contributed by atoms with Crippen LogP contribution in [0.3, 0.4) is 0 Å². The van der Waals surface area contributed by atoms with Gasteiger partial charge in [-0.3, -0.25) is 4.79 Å². The number of fused-ring (bicyclic) bond motifs is 1. The van der Waals surface area contributed by atoms with E-state index in [9.17, 15) is 13.2 Å². The zero-order valence-electron chi connectivity index (χ0n) is 19.9. The zero-order valence-corrected chi connectivity index (χ0v) is 20.7. The summed E-state index contributed by atoms with van der Waals surface area (Å²) in [6.07, 6.45) is 11.0. The number of rotatable bonds is 9. The molecule has 0 radical (unpaired) electrons. The van der Waals surface area contributed by atoms with E-state index in [1.807, 2.05) is 16.5 Å². The predicted molar refractivity (Wildman–Crippen MR) is 133 cm³/mol. The molecular formula is C26H32N4O3S. The van der Waals surface area contributed by atoms with Crippen LogP contribution in [0, 0.1) is 5.41 Å². The van der Waals surface area contributed by atoms with Crippen LogP contribution in [0.4, 0.5) is 0 Å². The summed E-state index contributed by atoms with van der Waals surface area (Å²) in [5, 5.41) is 0. The first-order valence-corrected chi connectivity index (χ1v) is 13.0. The van der Waals surface area contributed by atoms with Gasteiger partial charge in [-0.1, -0.05) is 25.1 Å². The Morgan fingerprint density at radius 3 is 2.74 bits per heavy atom. The number of unbranched alkanes of at least 4 members (excludes halogenated alkanes) is 1. The van der Waals surface area contributed by atoms with Crippen molar-refractivity contribution in [1.82, 2.24) is 18.6 Å². The van der Waals surface area contributed by atoms with Crippen molar-refractivity contribution in [3.8, 4) is 0 Å². The van der Waals surface area contributed by atoms with Crippen molar-refractivity contribution in [2.45, 2.75) is 44.0 Å². The maximum Gasteiger partial charge on any atom is 0.255 e. The van der Waals surface area contributed by atoms with Crippen LogP contribution < -0.4 is 0 Å². The van der Waals surface area contributed by atoms with Gasteiger partial charge in [0.25, 0.3) is 5.91 Å². The van der Waals surface area contributed by atoms with Crippen LogP contribution in [-0.4, -0.2) is 53.1 Å². The second-order valence-electron chi connectivity index (χ2n) is 9.50. The van der Waals surface area contributed by atoms with Crippen molar-refractivity contribution in [3.63, 3.8) is 0 Å². The lowest BCUT2D eigenvalue weighted by Crippen LogP contribution is -2.31. The molecule has 8 heteroatoms. The lowest BCUT2D eigenvalue weighted by Gasteiger charge is -2.24. The Balaban J connectivity index is 1.40. The van der Waals surface area contributed by atoms with Gasteiger partial charge in [0.15, 0.2) is 0 Å². The standard InChI is InChI=1S/C26H32N4O3S/c1-4-5-6-13-26(2)14-16-30(20-26)34(32,33)23-10-7-21(8-11-23)18-28(3)25(31)22-9-12-24-27-15-17-29(24)19-22/h4,7-12,15,17,19H,1,5-6,13-14,16,18,20H2,2-3H3. The minimum atomic E-state index is -3.54. The molecule has 0 saturated carbocycles. The second kappa shape index (κ2) is 9.72. The van der Waals surface area contributed by atoms with Crippen LogP contribution in [-0.2, 0) is 16.6 Å². The van der Waals surface area contributed by atoms with Crippen molar-refractivity contribution in [1.29, 1.82) is 0 Å². The highest BCUT2D eigenvalue weighted by Gasteiger charge is 2.39. The monoisotopic (exact) mass is 480 g/mol. The predicted octanol–water partition coefficient (Wildman–Crippen LogP) is 4.36. The minimum absolute atomic E-state index is 0.0127. The number of aromatic nitrogens is 2. The van der Waals surface area contributed by atoms with Crippen LogP contribution in [0.25, 0.3) is 5.65 Å². The molecule has 1 amide bonds. The number of pyridine rings is 1. The number of nitrogens with zero attached hydrogens (tertiary/aromatic N) is 4. The van der Waals surface area contributed by atoms with Crippen LogP contribution >= 0.6 is 0 Å². The summed E-state index contributed by atoms with van der Waals surface area (Å²) >= 11 is 0. The number of allylic oxidation sites excluding steroid dienone is 1. The van der Waals surface area contributed by atoms with E-state index in [4.69, 9.17) is 0 Å². The summed E-state index contributed by atoms with van der Waals surface area (Å²) in [7, 11) is -1.80. The van der Waals surface area contributed by atoms with E-state index in [1.165, 1.54) is 0 Å². The third-order valence-corrected chi connectivity index (χ3v) is 8.53. The van der Waals surface area contributed by atoms with Crippen molar-refractivity contribution < 1.29 is 13.2 Å². The zero-order chi connectivity index (χ0) is 24.3. The summed E-state index contributed by atoms with van der Waals surface area (Å²) < 4.78 is 29.8. The van der Waals surface area contributed by atoms with Gasteiger partial charge < -0.3 is 9.30 Å². The molecule has 1 aliphatic heterocycles. The Labute approximate surface area is 201 Å². The SMILES string of the molecule is C=CCCCC1(C)CCN(S(=O)(=O)c2ccc(CN(C)C(=O)c3ccc4nccn4c3)cc2)C1. The molecule has 1 aromatic carbocycles. The second-order valence-corrected chi connectivity index (χ2v) is 11.4. The number of carbonyl (C=O) groups excluding carboxylic acids is 1. The molecule has 1 atom stereocenters. The third-order valence-electron chi connectivity index (χ3n) is 6.67. The molecule has 180 valence electrons. The van der Waals surface area contributed by atoms with E-state index < -0.39 is 10.0 Å². The highest BCUT2D eigenvalue weighted by Crippen LogP contribution is 2.37. The molecule has 1 unspecified atom stereocenters. The Morgan fingerprint density at radius 1 is 1.24 bits per heavy atom. The molecule has 2 aromatic heterocycles. The maximum atomic E-state index is 13.2. The van der Waals surface area contributed by atoms with Gasteiger partial charge in [0.05, 0.1) is 10.5 Å². The van der Waals surface area contributed by atoms with Crippen LogP contribution in [0.15, 0.2) is 72.5 Å². The average Bonchev–Trinajstić information content (AvgIpc) is 3.46. The fourth-order valence-corrected chi connectivity index (χ4v) is 6.18. The van der Waals surface area contributed by atoms with Gasteiger partial charge in [-0.2, -0.15) is 4.31 Å². The van der Waals surface area contributed by atoms with Crippen molar-refractivity contribution >= 4 is 21.6 Å². The fraction of sp³-hybridized carbons (Fsp3) is 0.385. The molecule has 4 rings (SSSR count). The Kier molecular flexibility index (Phi) is 6.91. The molecule has 0 N–H and O–H groups in total. The minimum Gasteiger partial charge on any atom is -0.337 e. The molecule has 1 fully saturated rings. The number of imidazole rings is 1. The van der Waals surface area contributed by atoms with E-state index in [-0.39, 0.29) is 11.3 Å². The number of hydrogen-bond donors (Lipinski definition) is 0. The summed E-state index contributed by atoms with van der Waals surface area (Å²) in [6.45, 7) is 7.42. The van der Waals surface area contributed by atoms with E-state index >= 15 is 0 Å². The lowest BCUT2D eigenvalue weighted by molar-refractivity contribution is 0.0784. The topological polar surface area (TPSA) is 75.0 Å². The number of carbonyl (C=O) groups is 1. The molecule has 0 bridgehead atoms. The van der Waals surface area contributed by atoms with Gasteiger partial charge in [0, 0.05) is 45.3 Å². The summed E-state index contributed by atoms with van der Waals surface area (Å²) in [6, 6.07) is 10.4. The van der Waals surface area contributed by atoms with E-state index in [0.29, 0.717) is 30.1 Å². The van der Waals surface area contributed by atoms with E-state index in [0.717, 1.165) is 36.9 Å². The average molecular weight is 481 g/mol. The largest absolute Gasteiger partial charge is 0.337 e. The van der Waals surface area contributed by atoms with Crippen LogP contribution in [0.1, 0.15) is 48.5 Å². The number of hydrogen-bond acceptors (Lipinski definition) is 4. The maximum absolute atomic E-state index is 13.2. The molecular weight excluding hydrogens is 448 g/mol. The molecule has 0 spiro atoms. The highest BCUT2D eigenvalue weighted by atomic mass is 32.2. The fourth-order valence-electron chi connectivity index (χ4n) is 4.59. The summed E-state index contributed by atoms with van der Waals surface area (Å²) in [5.41, 5.74) is 2.23. The Hall–Kier alpha value is -2.97. The first-order valence-electron chi connectivity index (χ1n) is 11.6. The lowest BCUT2D eigenvalue weighted by atomic mass is 9.84. The van der Waals surface area contributed by atoms with Crippen molar-refractivity contribution in [3.05, 3.63) is 78.8 Å². The smallest absolute Gasteiger partial charge is 0.255 e. The molecule has 3 heterocycles. The van der Waals surface area contributed by atoms with Crippen LogP contribution in [0.2, 0.25) is 0 Å². The van der Waals surface area contributed by atoms with Gasteiger partial charge in [-0.25, -0.2) is 13.4 Å². The first-order chi connectivity index (χ1) is 16.2. The number of sulfonamides is 1. The van der Waals surface area contributed by atoms with Gasteiger partial charge >= 0.3 is 0 Å². The molecule has 7 nitrogen and oxygen atoms in total. The normalized spacial score (nSPS) is 18.9. The van der Waals surface area contributed by atoms with Gasteiger partial charge in [0.1, 0.15) is 5.65 Å². The van der Waals surface area contributed by atoms with Crippen LogP contribution in [0.5, 0.6) is 0 Å². The molecule has 1 aliphatic rings. The first kappa shape index (κ1) is 24.2. The number of amides is 1. The van der Waals surface area contributed by atoms with E-state index in [1.54, 1.807) is 65.2 Å². The molecule has 34 heavy (non-hydrogen) atoms. The van der Waals surface area contributed by atoms with Crippen molar-refractivity contribution in [2.24, 2.45) is 5.41 Å². The van der Waals surface area contributed by atoms with Gasteiger partial charge in [-0.15, -0.1) is 6.58 Å². The summed E-state index contributed by atoms with van der Waals surface area (Å²) in [5.74, 6) is -0.111. The highest BCUT2D eigenvalue weighted by molar-refractivity contribution is 7.89. The van der Waals surface area contributed by atoms with Gasteiger partial charge in [0.2, 0.25) is 10.0 Å². The molecule has 1 saturated heterocycles.